The van der Waals surface area contributed by atoms with Crippen LogP contribution in [0.5, 0.6) is 0 Å². The minimum absolute atomic E-state index is 0.0248. The van der Waals surface area contributed by atoms with Crippen molar-refractivity contribution in [3.8, 4) is 0 Å². The van der Waals surface area contributed by atoms with Crippen molar-refractivity contribution in [3.63, 3.8) is 0 Å². The van der Waals surface area contributed by atoms with E-state index in [2.05, 4.69) is 10.3 Å². The van der Waals surface area contributed by atoms with Crippen molar-refractivity contribution in [1.82, 2.24) is 19.8 Å². The highest BCUT2D eigenvalue weighted by atomic mass is 32.1. The van der Waals surface area contributed by atoms with Gasteiger partial charge in [-0.05, 0) is 37.1 Å². The molecule has 1 aliphatic heterocycles. The molecule has 2 aromatic heterocycles. The van der Waals surface area contributed by atoms with Gasteiger partial charge in [0.05, 0.1) is 11.2 Å². The van der Waals surface area contributed by atoms with Crippen molar-refractivity contribution < 1.29 is 9.59 Å². The molecule has 0 spiro atoms. The molecule has 1 unspecified atom stereocenters. The molecule has 6 nitrogen and oxygen atoms in total. The smallest absolute Gasteiger partial charge is 0.264 e. The molecule has 1 N–H and O–H groups in total. The second-order valence-corrected chi connectivity index (χ2v) is 6.88. The van der Waals surface area contributed by atoms with Gasteiger partial charge in [0.15, 0.2) is 0 Å². The van der Waals surface area contributed by atoms with Crippen LogP contribution in [-0.2, 0) is 11.3 Å². The highest BCUT2D eigenvalue weighted by molar-refractivity contribution is 7.12. The highest BCUT2D eigenvalue weighted by Crippen LogP contribution is 2.21. The molecular weight excluding hydrogens is 324 g/mol. The number of nitrogens with zero attached hydrogens (tertiary/aromatic N) is 3. The maximum Gasteiger partial charge on any atom is 0.264 e. The van der Waals surface area contributed by atoms with E-state index in [0.29, 0.717) is 18.0 Å². The molecule has 2 amide bonds. The van der Waals surface area contributed by atoms with Gasteiger partial charge in [0.2, 0.25) is 5.91 Å². The molecule has 0 saturated carbocycles. The van der Waals surface area contributed by atoms with E-state index in [0.717, 1.165) is 32.2 Å². The van der Waals surface area contributed by atoms with Crippen molar-refractivity contribution in [1.29, 1.82) is 0 Å². The van der Waals surface area contributed by atoms with E-state index in [9.17, 15) is 9.59 Å². The van der Waals surface area contributed by atoms with Gasteiger partial charge in [-0.3, -0.25) is 9.59 Å². The van der Waals surface area contributed by atoms with E-state index < -0.39 is 0 Å². The van der Waals surface area contributed by atoms with Crippen molar-refractivity contribution in [2.24, 2.45) is 0 Å². The van der Waals surface area contributed by atoms with E-state index >= 15 is 0 Å². The van der Waals surface area contributed by atoms with Gasteiger partial charge < -0.3 is 14.8 Å². The Labute approximate surface area is 145 Å². The fourth-order valence-corrected chi connectivity index (χ4v) is 3.68. The van der Waals surface area contributed by atoms with Gasteiger partial charge in [0.25, 0.3) is 5.91 Å². The van der Waals surface area contributed by atoms with Gasteiger partial charge in [-0.1, -0.05) is 6.07 Å². The number of piperidine rings is 1. The molecule has 2 aromatic rings. The summed E-state index contributed by atoms with van der Waals surface area (Å²) in [6.07, 6.45) is 8.95. The molecule has 3 rings (SSSR count). The molecule has 128 valence electrons. The van der Waals surface area contributed by atoms with E-state index in [-0.39, 0.29) is 17.9 Å². The number of carbonyl (C=O) groups excluding carboxylic acids is 2. The van der Waals surface area contributed by atoms with Crippen LogP contribution in [0.2, 0.25) is 0 Å². The van der Waals surface area contributed by atoms with Crippen LogP contribution in [0, 0.1) is 0 Å². The second-order valence-electron chi connectivity index (χ2n) is 5.93. The summed E-state index contributed by atoms with van der Waals surface area (Å²) >= 11 is 1.43. The number of likely N-dealkylation sites (tertiary alicyclic amines) is 1. The minimum atomic E-state index is -0.346. The van der Waals surface area contributed by atoms with Crippen LogP contribution in [0.15, 0.2) is 36.2 Å². The summed E-state index contributed by atoms with van der Waals surface area (Å²) in [4.78, 5) is 31.6. The van der Waals surface area contributed by atoms with Crippen LogP contribution in [-0.4, -0.2) is 45.4 Å². The second kappa shape index (κ2) is 8.10. The Bertz CT molecular complexity index is 654. The minimum Gasteiger partial charge on any atom is -0.354 e. The first kappa shape index (κ1) is 16.7. The number of rotatable bonds is 6. The summed E-state index contributed by atoms with van der Waals surface area (Å²) < 4.78 is 1.99. The number of nitrogens with one attached hydrogen (secondary N) is 1. The van der Waals surface area contributed by atoms with Crippen molar-refractivity contribution in [2.75, 3.05) is 13.1 Å². The Hall–Kier alpha value is -2.15. The van der Waals surface area contributed by atoms with Gasteiger partial charge in [-0.25, -0.2) is 4.98 Å². The zero-order valence-electron chi connectivity index (χ0n) is 13.6. The third-order valence-electron chi connectivity index (χ3n) is 4.25. The van der Waals surface area contributed by atoms with E-state index in [1.165, 1.54) is 11.3 Å². The van der Waals surface area contributed by atoms with Crippen LogP contribution in [0.3, 0.4) is 0 Å². The van der Waals surface area contributed by atoms with Gasteiger partial charge in [0, 0.05) is 32.0 Å². The average molecular weight is 346 g/mol. The van der Waals surface area contributed by atoms with Crippen LogP contribution in [0.1, 0.15) is 35.4 Å². The molecule has 1 fully saturated rings. The van der Waals surface area contributed by atoms with Gasteiger partial charge in [0.1, 0.15) is 6.04 Å². The fourth-order valence-electron chi connectivity index (χ4n) is 3.00. The molecule has 0 radical (unpaired) electrons. The van der Waals surface area contributed by atoms with Crippen LogP contribution >= 0.6 is 11.3 Å². The number of carbonyl (C=O) groups is 2. The zero-order chi connectivity index (χ0) is 16.8. The molecule has 0 aromatic carbocycles. The molecular formula is C17H22N4O2S. The molecule has 3 heterocycles. The third kappa shape index (κ3) is 4.03. The largest absolute Gasteiger partial charge is 0.354 e. The molecule has 7 heteroatoms. The predicted molar refractivity (Wildman–Crippen MR) is 92.8 cm³/mol. The molecule has 24 heavy (non-hydrogen) atoms. The normalized spacial score (nSPS) is 17.7. The predicted octanol–water partition coefficient (Wildman–Crippen LogP) is 2.15. The van der Waals surface area contributed by atoms with E-state index in [1.54, 1.807) is 17.4 Å². The Morgan fingerprint density at radius 2 is 2.29 bits per heavy atom. The lowest BCUT2D eigenvalue weighted by atomic mass is 10.0. The number of aromatic nitrogens is 2. The maximum absolute atomic E-state index is 12.6. The summed E-state index contributed by atoms with van der Waals surface area (Å²) in [5, 5.41) is 4.87. The number of hydrogen-bond donors (Lipinski definition) is 1. The maximum atomic E-state index is 12.6. The Morgan fingerprint density at radius 3 is 3.04 bits per heavy atom. The fraction of sp³-hybridized carbons (Fsp3) is 0.471. The Kier molecular flexibility index (Phi) is 5.63. The van der Waals surface area contributed by atoms with Crippen LogP contribution in [0.4, 0.5) is 0 Å². The number of imidazole rings is 1. The quantitative estimate of drug-likeness (QED) is 0.815. The number of amides is 2. The monoisotopic (exact) mass is 346 g/mol. The summed E-state index contributed by atoms with van der Waals surface area (Å²) in [6, 6.07) is 3.34. The van der Waals surface area contributed by atoms with E-state index in [1.807, 2.05) is 28.3 Å². The van der Waals surface area contributed by atoms with Crippen molar-refractivity contribution in [3.05, 3.63) is 41.1 Å². The van der Waals surface area contributed by atoms with Gasteiger partial charge in [-0.2, -0.15) is 0 Å². The van der Waals surface area contributed by atoms with Crippen LogP contribution < -0.4 is 5.32 Å². The number of aryl methyl sites for hydroxylation is 1. The molecule has 1 saturated heterocycles. The Morgan fingerprint density at radius 1 is 1.38 bits per heavy atom. The number of hydrogen-bond acceptors (Lipinski definition) is 4. The van der Waals surface area contributed by atoms with Crippen molar-refractivity contribution >= 4 is 23.2 Å². The SMILES string of the molecule is O=C(NCCCn1ccnc1)C1CCCCN1C(=O)c1cccs1. The zero-order valence-corrected chi connectivity index (χ0v) is 14.4. The average Bonchev–Trinajstić information content (AvgIpc) is 3.31. The topological polar surface area (TPSA) is 67.2 Å². The summed E-state index contributed by atoms with van der Waals surface area (Å²) in [5.41, 5.74) is 0. The molecule has 0 aliphatic carbocycles. The standard InChI is InChI=1S/C17H22N4O2S/c22-16(19-7-4-9-20-11-8-18-13-20)14-5-1-2-10-21(14)17(23)15-6-3-12-24-15/h3,6,8,11-14H,1-2,4-5,7,9-10H2,(H,19,22). The molecule has 0 bridgehead atoms. The summed E-state index contributed by atoms with van der Waals surface area (Å²) in [7, 11) is 0. The first-order valence-electron chi connectivity index (χ1n) is 8.33. The van der Waals surface area contributed by atoms with Gasteiger partial charge in [-0.15, -0.1) is 11.3 Å². The summed E-state index contributed by atoms with van der Waals surface area (Å²) in [6.45, 7) is 2.08. The first-order valence-corrected chi connectivity index (χ1v) is 9.21. The Balaban J connectivity index is 1.52. The van der Waals surface area contributed by atoms with Crippen LogP contribution in [0.25, 0.3) is 0 Å². The lowest BCUT2D eigenvalue weighted by Gasteiger charge is -2.34. The highest BCUT2D eigenvalue weighted by Gasteiger charge is 2.32. The third-order valence-corrected chi connectivity index (χ3v) is 5.11. The summed E-state index contributed by atoms with van der Waals surface area (Å²) in [5.74, 6) is -0.0616. The lowest BCUT2D eigenvalue weighted by molar-refractivity contribution is -0.126. The van der Waals surface area contributed by atoms with Crippen molar-refractivity contribution in [2.45, 2.75) is 38.3 Å². The lowest BCUT2D eigenvalue weighted by Crippen LogP contribution is -2.52. The van der Waals surface area contributed by atoms with Gasteiger partial charge >= 0.3 is 0 Å². The molecule has 1 aliphatic rings. The molecule has 1 atom stereocenters. The first-order chi connectivity index (χ1) is 11.8. The van der Waals surface area contributed by atoms with E-state index in [4.69, 9.17) is 0 Å². The number of thiophene rings is 1.